The van der Waals surface area contributed by atoms with Gasteiger partial charge in [-0.2, -0.15) is 0 Å². The number of nitrogens with two attached hydrogens (primary N) is 1. The number of thiazole rings is 1. The number of hydrogen-bond donors (Lipinski definition) is 1. The summed E-state index contributed by atoms with van der Waals surface area (Å²) in [7, 11) is 1.84. The fraction of sp³-hybridized carbons (Fsp3) is 0.412. The number of hydrogen-bond acceptors (Lipinski definition) is 4. The number of nitrogens with zero attached hydrogens (tertiary/aromatic N) is 2. The fourth-order valence-corrected chi connectivity index (χ4v) is 3.06. The molecule has 5 heteroatoms. The van der Waals surface area contributed by atoms with Crippen molar-refractivity contribution < 1.29 is 4.79 Å². The second kappa shape index (κ2) is 8.66. The van der Waals surface area contributed by atoms with Crippen molar-refractivity contribution in [3.63, 3.8) is 0 Å². The smallest absolute Gasteiger partial charge is 0.273 e. The van der Waals surface area contributed by atoms with Gasteiger partial charge in [0, 0.05) is 25.4 Å². The minimum atomic E-state index is -0.000711. The van der Waals surface area contributed by atoms with Crippen molar-refractivity contribution in [1.29, 1.82) is 0 Å². The van der Waals surface area contributed by atoms with E-state index in [4.69, 9.17) is 5.73 Å². The second-order valence-electron chi connectivity index (χ2n) is 5.33. The van der Waals surface area contributed by atoms with E-state index >= 15 is 0 Å². The summed E-state index contributed by atoms with van der Waals surface area (Å²) in [5, 5.41) is 2.76. The standard InChI is InChI=1S/C17H23N3OS/c1-20(12-6-5-9-14-7-3-2-4-8-14)17(21)15-13-22-16(19-15)10-11-18/h2-4,7-8,13H,5-6,9-12,18H2,1H3. The summed E-state index contributed by atoms with van der Waals surface area (Å²) in [6, 6.07) is 10.4. The van der Waals surface area contributed by atoms with Crippen LogP contribution < -0.4 is 5.73 Å². The van der Waals surface area contributed by atoms with Crippen molar-refractivity contribution in [3.05, 3.63) is 52.0 Å². The lowest BCUT2D eigenvalue weighted by molar-refractivity contribution is 0.0787. The number of unbranched alkanes of at least 4 members (excludes halogenated alkanes) is 1. The normalized spacial score (nSPS) is 10.6. The Kier molecular flexibility index (Phi) is 6.55. The van der Waals surface area contributed by atoms with E-state index in [0.717, 1.165) is 37.2 Å². The lowest BCUT2D eigenvalue weighted by Crippen LogP contribution is -2.28. The first-order valence-electron chi connectivity index (χ1n) is 7.64. The summed E-state index contributed by atoms with van der Waals surface area (Å²) in [5.74, 6) is -0.000711. The molecular weight excluding hydrogens is 294 g/mol. The predicted molar refractivity (Wildman–Crippen MR) is 91.2 cm³/mol. The molecule has 0 radical (unpaired) electrons. The first kappa shape index (κ1) is 16.6. The maximum absolute atomic E-state index is 12.3. The predicted octanol–water partition coefficient (Wildman–Crippen LogP) is 2.74. The van der Waals surface area contributed by atoms with Crippen molar-refractivity contribution in [2.45, 2.75) is 25.7 Å². The minimum Gasteiger partial charge on any atom is -0.340 e. The third-order valence-corrected chi connectivity index (χ3v) is 4.44. The molecule has 0 aliphatic carbocycles. The number of carbonyl (C=O) groups is 1. The van der Waals surface area contributed by atoms with Gasteiger partial charge in [0.25, 0.3) is 5.91 Å². The molecule has 118 valence electrons. The van der Waals surface area contributed by atoms with Crippen LogP contribution in [-0.4, -0.2) is 35.9 Å². The molecule has 0 aliphatic heterocycles. The largest absolute Gasteiger partial charge is 0.340 e. The molecule has 0 atom stereocenters. The summed E-state index contributed by atoms with van der Waals surface area (Å²) < 4.78 is 0. The molecule has 2 rings (SSSR count). The highest BCUT2D eigenvalue weighted by Crippen LogP contribution is 2.12. The van der Waals surface area contributed by atoms with Gasteiger partial charge in [0.1, 0.15) is 5.69 Å². The third kappa shape index (κ3) is 4.93. The molecule has 1 amide bonds. The van der Waals surface area contributed by atoms with Crippen LogP contribution in [0.1, 0.15) is 33.9 Å². The summed E-state index contributed by atoms with van der Waals surface area (Å²) in [6.07, 6.45) is 3.87. The number of aromatic nitrogens is 1. The number of benzene rings is 1. The molecule has 1 aromatic heterocycles. The van der Waals surface area contributed by atoms with Gasteiger partial charge < -0.3 is 10.6 Å². The topological polar surface area (TPSA) is 59.2 Å². The number of aryl methyl sites for hydroxylation is 1. The van der Waals surface area contributed by atoms with Crippen molar-refractivity contribution in [3.8, 4) is 0 Å². The van der Waals surface area contributed by atoms with Crippen molar-refractivity contribution in [1.82, 2.24) is 9.88 Å². The van der Waals surface area contributed by atoms with Crippen molar-refractivity contribution in [2.24, 2.45) is 5.73 Å². The molecular formula is C17H23N3OS. The van der Waals surface area contributed by atoms with E-state index in [0.29, 0.717) is 12.2 Å². The van der Waals surface area contributed by atoms with Gasteiger partial charge in [0.05, 0.1) is 5.01 Å². The number of rotatable bonds is 8. The molecule has 2 aromatic rings. The van der Waals surface area contributed by atoms with Gasteiger partial charge in [0.2, 0.25) is 0 Å². The number of amides is 1. The monoisotopic (exact) mass is 317 g/mol. The Labute approximate surface area is 136 Å². The molecule has 2 N–H and O–H groups in total. The molecule has 0 saturated heterocycles. The van der Waals surface area contributed by atoms with E-state index in [9.17, 15) is 4.79 Å². The zero-order chi connectivity index (χ0) is 15.8. The van der Waals surface area contributed by atoms with E-state index in [1.54, 1.807) is 4.90 Å². The van der Waals surface area contributed by atoms with Gasteiger partial charge in [0.15, 0.2) is 0 Å². The zero-order valence-electron chi connectivity index (χ0n) is 13.0. The van der Waals surface area contributed by atoms with Gasteiger partial charge >= 0.3 is 0 Å². The molecule has 0 aliphatic rings. The van der Waals surface area contributed by atoms with E-state index in [2.05, 4.69) is 29.2 Å². The lowest BCUT2D eigenvalue weighted by Gasteiger charge is -2.15. The molecule has 1 heterocycles. The lowest BCUT2D eigenvalue weighted by atomic mass is 10.1. The van der Waals surface area contributed by atoms with Crippen molar-refractivity contribution in [2.75, 3.05) is 20.1 Å². The molecule has 4 nitrogen and oxygen atoms in total. The Bertz CT molecular complexity index is 583. The summed E-state index contributed by atoms with van der Waals surface area (Å²) in [6.45, 7) is 1.33. The summed E-state index contributed by atoms with van der Waals surface area (Å²) >= 11 is 1.51. The molecule has 0 saturated carbocycles. The Morgan fingerprint density at radius 3 is 2.73 bits per heavy atom. The maximum Gasteiger partial charge on any atom is 0.273 e. The van der Waals surface area contributed by atoms with Crippen LogP contribution in [0.3, 0.4) is 0 Å². The highest BCUT2D eigenvalue weighted by atomic mass is 32.1. The first-order valence-corrected chi connectivity index (χ1v) is 8.52. The van der Waals surface area contributed by atoms with E-state index < -0.39 is 0 Å². The van der Waals surface area contributed by atoms with Gasteiger partial charge in [-0.3, -0.25) is 4.79 Å². The fourth-order valence-electron chi connectivity index (χ4n) is 2.27. The minimum absolute atomic E-state index is 0.000711. The highest BCUT2D eigenvalue weighted by Gasteiger charge is 2.14. The maximum atomic E-state index is 12.3. The van der Waals surface area contributed by atoms with Crippen LogP contribution >= 0.6 is 11.3 Å². The second-order valence-corrected chi connectivity index (χ2v) is 6.28. The average Bonchev–Trinajstić information content (AvgIpc) is 3.00. The molecule has 22 heavy (non-hydrogen) atoms. The Hall–Kier alpha value is -1.72. The molecule has 1 aromatic carbocycles. The van der Waals surface area contributed by atoms with Crippen LogP contribution in [0.2, 0.25) is 0 Å². The molecule has 0 fully saturated rings. The van der Waals surface area contributed by atoms with Crippen LogP contribution in [0.4, 0.5) is 0 Å². The van der Waals surface area contributed by atoms with Gasteiger partial charge in [-0.15, -0.1) is 11.3 Å². The molecule has 0 spiro atoms. The van der Waals surface area contributed by atoms with Gasteiger partial charge in [-0.25, -0.2) is 4.98 Å². The summed E-state index contributed by atoms with van der Waals surface area (Å²) in [4.78, 5) is 18.4. The summed E-state index contributed by atoms with van der Waals surface area (Å²) in [5.41, 5.74) is 7.40. The van der Waals surface area contributed by atoms with E-state index in [1.165, 1.54) is 16.9 Å². The number of carbonyl (C=O) groups excluding carboxylic acids is 1. The van der Waals surface area contributed by atoms with Crippen LogP contribution in [0.25, 0.3) is 0 Å². The highest BCUT2D eigenvalue weighted by molar-refractivity contribution is 7.09. The van der Waals surface area contributed by atoms with Crippen LogP contribution in [0, 0.1) is 0 Å². The van der Waals surface area contributed by atoms with E-state index in [1.807, 2.05) is 18.5 Å². The van der Waals surface area contributed by atoms with Gasteiger partial charge in [-0.1, -0.05) is 30.3 Å². The average molecular weight is 317 g/mol. The first-order chi connectivity index (χ1) is 10.7. The zero-order valence-corrected chi connectivity index (χ0v) is 13.8. The Morgan fingerprint density at radius 2 is 2.00 bits per heavy atom. The SMILES string of the molecule is CN(CCCCc1ccccc1)C(=O)c1csc(CCN)n1. The van der Waals surface area contributed by atoms with Crippen molar-refractivity contribution >= 4 is 17.2 Å². The van der Waals surface area contributed by atoms with Crippen LogP contribution in [-0.2, 0) is 12.8 Å². The van der Waals surface area contributed by atoms with E-state index in [-0.39, 0.29) is 5.91 Å². The quantitative estimate of drug-likeness (QED) is 0.762. The van der Waals surface area contributed by atoms with Gasteiger partial charge in [-0.05, 0) is 31.4 Å². The Morgan fingerprint density at radius 1 is 1.23 bits per heavy atom. The Balaban J connectivity index is 1.74. The van der Waals surface area contributed by atoms with Crippen LogP contribution in [0.15, 0.2) is 35.7 Å². The molecule has 0 bridgehead atoms. The third-order valence-electron chi connectivity index (χ3n) is 3.53. The van der Waals surface area contributed by atoms with Crippen LogP contribution in [0.5, 0.6) is 0 Å². The molecule has 0 unspecified atom stereocenters.